The van der Waals surface area contributed by atoms with Crippen LogP contribution in [0.4, 0.5) is 0 Å². The van der Waals surface area contributed by atoms with Gasteiger partial charge in [0.15, 0.2) is 0 Å². The van der Waals surface area contributed by atoms with Crippen LogP contribution in [0, 0.1) is 0 Å². The Hall–Kier alpha value is 0.0969. The van der Waals surface area contributed by atoms with E-state index in [0.29, 0.717) is 0 Å². The maximum absolute atomic E-state index is 5.68. The lowest BCUT2D eigenvalue weighted by Crippen LogP contribution is -2.40. The summed E-state index contributed by atoms with van der Waals surface area (Å²) in [7, 11) is 1.03. The van der Waals surface area contributed by atoms with Crippen molar-refractivity contribution in [2.75, 3.05) is 20.8 Å². The number of rotatable bonds is 13. The molecule has 110 valence electrons. The Bertz CT molecular complexity index is 172. The van der Waals surface area contributed by atoms with Gasteiger partial charge in [-0.3, -0.25) is 0 Å². The van der Waals surface area contributed by atoms with Crippen LogP contribution in [0.15, 0.2) is 0 Å². The Morgan fingerprint density at radius 1 is 0.722 bits per heavy atom. The maximum Gasteiger partial charge on any atom is 0.497 e. The molecule has 0 atom stereocenters. The molecule has 0 radical (unpaired) electrons. The molecule has 0 fully saturated rings. The lowest BCUT2D eigenvalue weighted by atomic mass is 10.1. The standard InChI is InChI=1S/C14H32O3Si/c1-5-6-7-8-9-10-11-12-13-14-17-18(4,15-2)16-3/h5-14H2,1-4H3. The fourth-order valence-corrected chi connectivity index (χ4v) is 2.79. The Kier molecular flexibility index (Phi) is 12.2. The van der Waals surface area contributed by atoms with Gasteiger partial charge in [-0.2, -0.15) is 0 Å². The summed E-state index contributed by atoms with van der Waals surface area (Å²) in [6.45, 7) is 4.96. The molecule has 0 aromatic carbocycles. The second-order valence-corrected chi connectivity index (χ2v) is 7.78. The second-order valence-electron chi connectivity index (χ2n) is 4.95. The summed E-state index contributed by atoms with van der Waals surface area (Å²) in [5, 5.41) is 0. The van der Waals surface area contributed by atoms with Crippen molar-refractivity contribution in [3.05, 3.63) is 0 Å². The van der Waals surface area contributed by atoms with Gasteiger partial charge in [0.05, 0.1) is 0 Å². The Morgan fingerprint density at radius 3 is 1.61 bits per heavy atom. The van der Waals surface area contributed by atoms with Crippen LogP contribution in [0.3, 0.4) is 0 Å². The van der Waals surface area contributed by atoms with Gasteiger partial charge >= 0.3 is 8.80 Å². The quantitative estimate of drug-likeness (QED) is 0.369. The molecule has 0 amide bonds. The molecule has 3 nitrogen and oxygen atoms in total. The average Bonchev–Trinajstić information content (AvgIpc) is 2.40. The van der Waals surface area contributed by atoms with E-state index in [1.54, 1.807) is 14.2 Å². The molecular formula is C14H32O3Si. The van der Waals surface area contributed by atoms with Crippen molar-refractivity contribution in [2.24, 2.45) is 0 Å². The van der Waals surface area contributed by atoms with Gasteiger partial charge in [0, 0.05) is 27.4 Å². The molecule has 18 heavy (non-hydrogen) atoms. The van der Waals surface area contributed by atoms with Crippen LogP contribution >= 0.6 is 0 Å². The number of hydrogen-bond donors (Lipinski definition) is 0. The molecule has 0 unspecified atom stereocenters. The van der Waals surface area contributed by atoms with E-state index < -0.39 is 8.80 Å². The highest BCUT2D eigenvalue weighted by Crippen LogP contribution is 2.11. The van der Waals surface area contributed by atoms with Gasteiger partial charge in [0.2, 0.25) is 0 Å². The molecule has 0 saturated heterocycles. The molecule has 4 heteroatoms. The molecule has 0 rings (SSSR count). The molecule has 0 saturated carbocycles. The Morgan fingerprint density at radius 2 is 1.17 bits per heavy atom. The van der Waals surface area contributed by atoms with Crippen LogP contribution in [-0.2, 0) is 13.3 Å². The van der Waals surface area contributed by atoms with E-state index in [1.165, 1.54) is 51.4 Å². The zero-order valence-corrected chi connectivity index (χ0v) is 13.8. The normalized spacial score (nSPS) is 12.0. The van der Waals surface area contributed by atoms with Gasteiger partial charge in [-0.1, -0.05) is 58.3 Å². The van der Waals surface area contributed by atoms with E-state index >= 15 is 0 Å². The minimum atomic E-state index is -2.29. The monoisotopic (exact) mass is 276 g/mol. The van der Waals surface area contributed by atoms with Gasteiger partial charge in [-0.05, 0) is 6.42 Å². The van der Waals surface area contributed by atoms with E-state index in [0.717, 1.165) is 13.0 Å². The molecule has 0 spiro atoms. The number of hydrogen-bond acceptors (Lipinski definition) is 3. The van der Waals surface area contributed by atoms with Gasteiger partial charge in [-0.15, -0.1) is 0 Å². The van der Waals surface area contributed by atoms with E-state index in [2.05, 4.69) is 6.92 Å². The summed E-state index contributed by atoms with van der Waals surface area (Å²) in [4.78, 5) is 0. The fraction of sp³-hybridized carbons (Fsp3) is 1.00. The SMILES string of the molecule is CCCCCCCCCCCO[Si](C)(OC)OC. The largest absolute Gasteiger partial charge is 0.497 e. The minimum absolute atomic E-state index is 0.764. The van der Waals surface area contributed by atoms with Crippen molar-refractivity contribution in [2.45, 2.75) is 71.3 Å². The van der Waals surface area contributed by atoms with Crippen molar-refractivity contribution >= 4 is 8.80 Å². The van der Waals surface area contributed by atoms with E-state index in [-0.39, 0.29) is 0 Å². The third-order valence-corrected chi connectivity index (χ3v) is 5.57. The predicted octanol–water partition coefficient (Wildman–Crippen LogP) is 4.40. The molecule has 0 aromatic rings. The summed E-state index contributed by atoms with van der Waals surface area (Å²) in [5.41, 5.74) is 0. The summed E-state index contributed by atoms with van der Waals surface area (Å²) in [6, 6.07) is 0. The van der Waals surface area contributed by atoms with E-state index in [1.807, 2.05) is 6.55 Å². The predicted molar refractivity (Wildman–Crippen MR) is 78.8 cm³/mol. The Labute approximate surface area is 115 Å². The third-order valence-electron chi connectivity index (χ3n) is 3.35. The zero-order valence-electron chi connectivity index (χ0n) is 12.8. The molecule has 0 aromatic heterocycles. The van der Waals surface area contributed by atoms with Gasteiger partial charge in [0.25, 0.3) is 0 Å². The highest BCUT2D eigenvalue weighted by Gasteiger charge is 2.31. The topological polar surface area (TPSA) is 27.7 Å². The van der Waals surface area contributed by atoms with Crippen LogP contribution in [0.1, 0.15) is 64.7 Å². The lowest BCUT2D eigenvalue weighted by molar-refractivity contribution is 0.104. The zero-order chi connectivity index (χ0) is 13.7. The first kappa shape index (κ1) is 18.1. The summed E-state index contributed by atoms with van der Waals surface area (Å²) < 4.78 is 16.2. The molecule has 0 aliphatic rings. The van der Waals surface area contributed by atoms with Gasteiger partial charge < -0.3 is 13.3 Å². The fourth-order valence-electron chi connectivity index (χ4n) is 1.87. The van der Waals surface area contributed by atoms with Crippen molar-refractivity contribution in [3.8, 4) is 0 Å². The van der Waals surface area contributed by atoms with Crippen LogP contribution in [-0.4, -0.2) is 29.6 Å². The summed E-state index contributed by atoms with van der Waals surface area (Å²) >= 11 is 0. The average molecular weight is 276 g/mol. The molecular weight excluding hydrogens is 244 g/mol. The van der Waals surface area contributed by atoms with E-state index in [4.69, 9.17) is 13.3 Å². The molecule has 0 N–H and O–H groups in total. The Balaban J connectivity index is 3.21. The van der Waals surface area contributed by atoms with E-state index in [9.17, 15) is 0 Å². The van der Waals surface area contributed by atoms with Crippen LogP contribution in [0.2, 0.25) is 6.55 Å². The van der Waals surface area contributed by atoms with Crippen LogP contribution in [0.5, 0.6) is 0 Å². The molecule has 0 heterocycles. The maximum atomic E-state index is 5.68. The first-order valence-corrected chi connectivity index (χ1v) is 9.65. The first-order valence-electron chi connectivity index (χ1n) is 7.42. The molecule has 0 bridgehead atoms. The number of unbranched alkanes of at least 4 members (excludes halogenated alkanes) is 8. The van der Waals surface area contributed by atoms with Crippen molar-refractivity contribution in [3.63, 3.8) is 0 Å². The molecule has 0 aliphatic carbocycles. The molecule has 0 aliphatic heterocycles. The lowest BCUT2D eigenvalue weighted by Gasteiger charge is -2.21. The van der Waals surface area contributed by atoms with Gasteiger partial charge in [0.1, 0.15) is 0 Å². The third kappa shape index (κ3) is 10.1. The smallest absolute Gasteiger partial charge is 0.377 e. The van der Waals surface area contributed by atoms with Crippen molar-refractivity contribution in [1.29, 1.82) is 0 Å². The summed E-state index contributed by atoms with van der Waals surface area (Å²) in [5.74, 6) is 0. The highest BCUT2D eigenvalue weighted by atomic mass is 28.4. The minimum Gasteiger partial charge on any atom is -0.377 e. The van der Waals surface area contributed by atoms with Crippen molar-refractivity contribution in [1.82, 2.24) is 0 Å². The van der Waals surface area contributed by atoms with Crippen molar-refractivity contribution < 1.29 is 13.3 Å². The highest BCUT2D eigenvalue weighted by molar-refractivity contribution is 6.59. The van der Waals surface area contributed by atoms with Crippen LogP contribution in [0.25, 0.3) is 0 Å². The van der Waals surface area contributed by atoms with Gasteiger partial charge in [-0.25, -0.2) is 0 Å². The van der Waals surface area contributed by atoms with Crippen LogP contribution < -0.4 is 0 Å². The second kappa shape index (κ2) is 12.1. The first-order chi connectivity index (χ1) is 8.68. The summed E-state index contributed by atoms with van der Waals surface area (Å²) in [6.07, 6.45) is 12.0.